The number of aryl methyl sites for hydroxylation is 4. The van der Waals surface area contributed by atoms with Crippen LogP contribution < -0.4 is 10.6 Å². The van der Waals surface area contributed by atoms with Gasteiger partial charge >= 0.3 is 0 Å². The van der Waals surface area contributed by atoms with Crippen LogP contribution in [0.1, 0.15) is 49.9 Å². The first kappa shape index (κ1) is 40.7. The molecule has 0 unspecified atom stereocenters. The van der Waals surface area contributed by atoms with Gasteiger partial charge in [0.05, 0.1) is 11.1 Å². The first-order valence-corrected chi connectivity index (χ1v) is 15.4. The molecule has 4 aromatic carbocycles. The number of amides is 2. The van der Waals surface area contributed by atoms with E-state index in [9.17, 15) is 19.2 Å². The van der Waals surface area contributed by atoms with Crippen molar-refractivity contribution in [1.82, 2.24) is 9.13 Å². The molecule has 9 nitrogen and oxygen atoms in total. The summed E-state index contributed by atoms with van der Waals surface area (Å²) in [7, 11) is 3.82. The molecule has 0 aliphatic rings. The Morgan fingerprint density at radius 3 is 1.46 bits per heavy atom. The van der Waals surface area contributed by atoms with Crippen molar-refractivity contribution in [2.75, 3.05) is 10.6 Å². The first-order chi connectivity index (χ1) is 22.9. The topological polar surface area (TPSA) is 122 Å². The van der Waals surface area contributed by atoms with Gasteiger partial charge in [-0.3, -0.25) is 14.4 Å². The van der Waals surface area contributed by atoms with Gasteiger partial charge in [0.1, 0.15) is 5.78 Å². The van der Waals surface area contributed by atoms with Gasteiger partial charge in [0.25, 0.3) is 17.8 Å². The Balaban J connectivity index is 0.000000260. The van der Waals surface area contributed by atoms with Crippen molar-refractivity contribution in [1.29, 1.82) is 0 Å². The van der Waals surface area contributed by atoms with Crippen molar-refractivity contribution in [2.45, 2.75) is 33.6 Å². The van der Waals surface area contributed by atoms with Crippen LogP contribution in [0.25, 0.3) is 21.8 Å². The quantitative estimate of drug-likeness (QED) is 0.146. The van der Waals surface area contributed by atoms with Crippen molar-refractivity contribution in [3.05, 3.63) is 131 Å². The molecule has 6 rings (SSSR count). The molecule has 11 heteroatoms. The normalized spacial score (nSPS) is 10.3. The minimum atomic E-state index is -0.890. The molecule has 0 bridgehead atoms. The van der Waals surface area contributed by atoms with Crippen LogP contribution in [-0.4, -0.2) is 37.8 Å². The summed E-state index contributed by atoms with van der Waals surface area (Å²) in [5.41, 5.74) is 7.76. The first-order valence-electron chi connectivity index (χ1n) is 15.4. The van der Waals surface area contributed by atoms with Crippen molar-refractivity contribution in [3.8, 4) is 0 Å². The SMILES string of the molecule is CC(=O)Cc1c[c-]c(NC(=O)c2cn(C)c3ccccc23)cc1C.Cc1cc(NC(=O)c2cn(C)c3ccccc23)[c-]cc1CC(=O)O.[Y].[Y]. The fourth-order valence-electron chi connectivity index (χ4n) is 5.64. The molecule has 3 N–H and O–H groups in total. The minimum absolute atomic E-state index is 0. The van der Waals surface area contributed by atoms with Crippen molar-refractivity contribution < 1.29 is 89.7 Å². The van der Waals surface area contributed by atoms with Crippen LogP contribution in [0.15, 0.2) is 85.2 Å². The van der Waals surface area contributed by atoms with E-state index in [2.05, 4.69) is 22.8 Å². The number of para-hydroxylation sites is 2. The van der Waals surface area contributed by atoms with Crippen molar-refractivity contribution in [2.24, 2.45) is 14.1 Å². The number of rotatable bonds is 8. The molecule has 0 aliphatic carbocycles. The average molecular weight is 819 g/mol. The van der Waals surface area contributed by atoms with Gasteiger partial charge in [0, 0.05) is 120 Å². The number of carbonyl (C=O) groups excluding carboxylic acids is 3. The molecular weight excluding hydrogens is 782 g/mol. The summed E-state index contributed by atoms with van der Waals surface area (Å²) in [4.78, 5) is 47.3. The number of aromatic nitrogens is 2. The molecule has 2 aromatic heterocycles. The zero-order valence-corrected chi connectivity index (χ0v) is 34.3. The summed E-state index contributed by atoms with van der Waals surface area (Å²) in [6.45, 7) is 5.31. The summed E-state index contributed by atoms with van der Waals surface area (Å²) in [5, 5.41) is 16.4. The predicted octanol–water partition coefficient (Wildman–Crippen LogP) is 6.83. The zero-order chi connectivity index (χ0) is 34.5. The molecule has 0 aliphatic heterocycles. The molecule has 250 valence electrons. The summed E-state index contributed by atoms with van der Waals surface area (Å²) in [5.74, 6) is -1.16. The fourth-order valence-corrected chi connectivity index (χ4v) is 5.64. The molecule has 2 heterocycles. The van der Waals surface area contributed by atoms with E-state index >= 15 is 0 Å². The van der Waals surface area contributed by atoms with Gasteiger partial charge in [0.2, 0.25) is 0 Å². The van der Waals surface area contributed by atoms with Gasteiger partial charge in [-0.25, -0.2) is 0 Å². The van der Waals surface area contributed by atoms with Crippen LogP contribution in [0, 0.1) is 26.0 Å². The third-order valence-electron chi connectivity index (χ3n) is 8.10. The maximum absolute atomic E-state index is 12.6. The number of anilines is 2. The largest absolute Gasteiger partial charge is 0.482 e. The number of nitrogens with zero attached hydrogens (tertiary/aromatic N) is 2. The number of aliphatic carboxylic acids is 1. The number of carboxylic acids is 1. The van der Waals surface area contributed by atoms with E-state index in [1.54, 1.807) is 31.3 Å². The molecule has 6 aromatic rings. The Morgan fingerprint density at radius 2 is 1.08 bits per heavy atom. The second kappa shape index (κ2) is 18.0. The smallest absolute Gasteiger partial charge is 0.296 e. The maximum atomic E-state index is 12.6. The van der Waals surface area contributed by atoms with Crippen LogP contribution in [0.3, 0.4) is 0 Å². The molecule has 0 saturated carbocycles. The third-order valence-corrected chi connectivity index (χ3v) is 8.10. The molecule has 0 spiro atoms. The summed E-state index contributed by atoms with van der Waals surface area (Å²) >= 11 is 0. The number of carbonyl (C=O) groups is 4. The van der Waals surface area contributed by atoms with Gasteiger partial charge in [-0.15, -0.1) is 23.3 Å². The Morgan fingerprint density at radius 1 is 0.680 bits per heavy atom. The van der Waals surface area contributed by atoms with Gasteiger partial charge in [-0.05, 0) is 25.5 Å². The van der Waals surface area contributed by atoms with E-state index in [0.29, 0.717) is 34.5 Å². The van der Waals surface area contributed by atoms with Gasteiger partial charge in [-0.1, -0.05) is 61.6 Å². The number of hydrogen-bond acceptors (Lipinski definition) is 4. The molecule has 50 heavy (non-hydrogen) atoms. The minimum Gasteiger partial charge on any atom is -0.482 e. The van der Waals surface area contributed by atoms with Gasteiger partial charge in [0.15, 0.2) is 0 Å². The van der Waals surface area contributed by atoms with Gasteiger partial charge < -0.3 is 29.7 Å². The van der Waals surface area contributed by atoms with E-state index in [0.717, 1.165) is 38.5 Å². The summed E-state index contributed by atoms with van der Waals surface area (Å²) in [6, 6.07) is 28.5. The Labute approximate surface area is 341 Å². The fraction of sp³-hybridized carbons (Fsp3) is 0.179. The number of ketones is 1. The second-order valence-electron chi connectivity index (χ2n) is 11.8. The molecule has 0 saturated heterocycles. The predicted molar refractivity (Wildman–Crippen MR) is 187 cm³/mol. The van der Waals surface area contributed by atoms with Gasteiger partial charge in [-0.2, -0.15) is 35.4 Å². The van der Waals surface area contributed by atoms with E-state index < -0.39 is 5.97 Å². The summed E-state index contributed by atoms with van der Waals surface area (Å²) in [6.07, 6.45) is 3.96. The van der Waals surface area contributed by atoms with E-state index in [1.807, 2.05) is 97.9 Å². The molecule has 2 radical (unpaired) electrons. The zero-order valence-electron chi connectivity index (χ0n) is 28.6. The Hall–Kier alpha value is -3.75. The Bertz CT molecular complexity index is 2050. The number of hydrogen-bond donors (Lipinski definition) is 3. The second-order valence-corrected chi connectivity index (χ2v) is 11.8. The molecule has 0 fully saturated rings. The van der Waals surface area contributed by atoms with E-state index in [-0.39, 0.29) is 89.4 Å². The summed E-state index contributed by atoms with van der Waals surface area (Å²) < 4.78 is 3.85. The maximum Gasteiger partial charge on any atom is 0.296 e. The number of carboxylic acid groups (broad SMARTS) is 1. The third kappa shape index (κ3) is 9.73. The van der Waals surface area contributed by atoms with Crippen LogP contribution in [0.4, 0.5) is 11.4 Å². The average Bonchev–Trinajstić information content (AvgIpc) is 3.57. The number of fused-ring (bicyclic) bond motifs is 2. The number of Topliss-reactive ketones (excluding diaryl/α,β-unsaturated/α-hetero) is 1. The van der Waals surface area contributed by atoms with E-state index in [1.165, 1.54) is 0 Å². The Kier molecular flexibility index (Phi) is 14.6. The number of benzene rings is 4. The molecule has 2 amide bonds. The van der Waals surface area contributed by atoms with Crippen LogP contribution in [0.2, 0.25) is 0 Å². The number of nitrogens with one attached hydrogen (secondary N) is 2. The van der Waals surface area contributed by atoms with Crippen LogP contribution in [-0.2, 0) is 102 Å². The monoisotopic (exact) mass is 818 g/mol. The van der Waals surface area contributed by atoms with Crippen LogP contribution >= 0.6 is 0 Å². The van der Waals surface area contributed by atoms with Crippen molar-refractivity contribution >= 4 is 56.7 Å². The standard InChI is InChI=1S/C20H19N2O2.C19H17N2O3.2Y/c1-13-10-16(9-8-15(13)11-14(2)23)21-20(24)18-12-22(3)19-7-5-4-6-17(18)19;1-12-9-14(8-7-13(12)10-18(22)23)20-19(24)16-11-21(2)17-6-4-3-5-15(16)17;;/h4-8,10,12H,11H2,1-3H3,(H,21,24);3-7,9,11H,10H2,1-2H3,(H,20,24)(H,22,23);;/q2*-1;;. The molecular formula is C39H36N4O5Y2-2. The van der Waals surface area contributed by atoms with E-state index in [4.69, 9.17) is 5.11 Å². The molecule has 0 atom stereocenters. The van der Waals surface area contributed by atoms with Crippen LogP contribution in [0.5, 0.6) is 0 Å². The van der Waals surface area contributed by atoms with Crippen molar-refractivity contribution in [3.63, 3.8) is 0 Å².